The van der Waals surface area contributed by atoms with E-state index in [1.165, 1.54) is 15.9 Å². The predicted octanol–water partition coefficient (Wildman–Crippen LogP) is -2.55. The van der Waals surface area contributed by atoms with E-state index in [2.05, 4.69) is 91.0 Å². The van der Waals surface area contributed by atoms with Crippen LogP contribution in [0, 0.1) is 0 Å². The van der Waals surface area contributed by atoms with Crippen LogP contribution in [0.15, 0.2) is 91.0 Å². The Labute approximate surface area is 156 Å². The van der Waals surface area contributed by atoms with E-state index in [4.69, 9.17) is 0 Å². The average Bonchev–Trinajstić information content (AvgIpc) is 2.51. The average molecular weight is 321 g/mol. The molecule has 0 unspecified atom stereocenters. The summed E-state index contributed by atoms with van der Waals surface area (Å²) in [5, 5.41) is 4.19. The van der Waals surface area contributed by atoms with Crippen molar-refractivity contribution in [3.8, 4) is 0 Å². The molecule has 0 atom stereocenters. The van der Waals surface area contributed by atoms with E-state index in [1.54, 1.807) is 0 Å². The Balaban J connectivity index is 0.00000110. The SMILES string of the molecule is [Cl-].[Na+].c1ccc(P(c2ccccc2)c2ccccc2)cc1. The van der Waals surface area contributed by atoms with Crippen molar-refractivity contribution in [2.24, 2.45) is 0 Å². The molecule has 0 aliphatic heterocycles. The van der Waals surface area contributed by atoms with Crippen molar-refractivity contribution in [2.75, 3.05) is 0 Å². The summed E-state index contributed by atoms with van der Waals surface area (Å²) in [5.74, 6) is 0. The van der Waals surface area contributed by atoms with Crippen LogP contribution in [0.3, 0.4) is 0 Å². The third kappa shape index (κ3) is 4.68. The Hall–Kier alpha value is -0.620. The molecule has 0 bridgehead atoms. The first-order valence-corrected chi connectivity index (χ1v) is 7.74. The number of rotatable bonds is 3. The first-order chi connectivity index (χ1) is 9.45. The van der Waals surface area contributed by atoms with Gasteiger partial charge in [0.25, 0.3) is 0 Å². The number of hydrogen-bond donors (Lipinski definition) is 0. The summed E-state index contributed by atoms with van der Waals surface area (Å²) >= 11 is 0. The molecule has 0 fully saturated rings. The minimum atomic E-state index is -0.446. The number of halogens is 1. The van der Waals surface area contributed by atoms with Crippen LogP contribution in [0.25, 0.3) is 0 Å². The molecule has 3 heteroatoms. The van der Waals surface area contributed by atoms with Crippen LogP contribution < -0.4 is 57.9 Å². The van der Waals surface area contributed by atoms with Crippen LogP contribution in [0.2, 0.25) is 0 Å². The number of benzene rings is 3. The molecule has 3 aromatic rings. The van der Waals surface area contributed by atoms with Gasteiger partial charge in [-0.25, -0.2) is 0 Å². The van der Waals surface area contributed by atoms with E-state index in [9.17, 15) is 0 Å². The molecule has 100 valence electrons. The molecule has 0 spiro atoms. The first kappa shape index (κ1) is 18.4. The molecule has 0 amide bonds. The van der Waals surface area contributed by atoms with Crippen molar-refractivity contribution < 1.29 is 42.0 Å². The van der Waals surface area contributed by atoms with E-state index >= 15 is 0 Å². The van der Waals surface area contributed by atoms with Crippen LogP contribution in [0.4, 0.5) is 0 Å². The van der Waals surface area contributed by atoms with E-state index in [0.717, 1.165) is 0 Å². The second kappa shape index (κ2) is 9.41. The van der Waals surface area contributed by atoms with Gasteiger partial charge in [0.2, 0.25) is 0 Å². The summed E-state index contributed by atoms with van der Waals surface area (Å²) in [4.78, 5) is 0. The zero-order valence-electron chi connectivity index (χ0n) is 12.0. The monoisotopic (exact) mass is 320 g/mol. The molecule has 0 N–H and O–H groups in total. The van der Waals surface area contributed by atoms with Gasteiger partial charge < -0.3 is 12.4 Å². The molecular weight excluding hydrogens is 306 g/mol. The second-order valence-electron chi connectivity index (χ2n) is 4.34. The normalized spacial score (nSPS) is 9.57. The maximum absolute atomic E-state index is 2.23. The molecule has 0 aromatic heterocycles. The molecule has 0 radical (unpaired) electrons. The molecule has 0 heterocycles. The molecule has 21 heavy (non-hydrogen) atoms. The van der Waals surface area contributed by atoms with Gasteiger partial charge in [-0.2, -0.15) is 0 Å². The van der Waals surface area contributed by atoms with Gasteiger partial charge in [-0.05, 0) is 23.8 Å². The van der Waals surface area contributed by atoms with Gasteiger partial charge in [0.05, 0.1) is 0 Å². The molecule has 0 nitrogen and oxygen atoms in total. The molecule has 0 saturated carbocycles. The van der Waals surface area contributed by atoms with Crippen LogP contribution in [-0.4, -0.2) is 0 Å². The summed E-state index contributed by atoms with van der Waals surface area (Å²) in [6, 6.07) is 32.3. The molecular formula is C18H15ClNaP. The van der Waals surface area contributed by atoms with Gasteiger partial charge in [-0.3, -0.25) is 0 Å². The van der Waals surface area contributed by atoms with Crippen molar-refractivity contribution in [3.05, 3.63) is 91.0 Å². The van der Waals surface area contributed by atoms with Crippen LogP contribution in [0.1, 0.15) is 0 Å². The Morgan fingerprint density at radius 1 is 0.429 bits per heavy atom. The van der Waals surface area contributed by atoms with E-state index < -0.39 is 7.92 Å². The van der Waals surface area contributed by atoms with Gasteiger partial charge in [0.1, 0.15) is 0 Å². The standard InChI is InChI=1S/C18H15P.ClH.Na/c1-4-10-16(11-5-1)19(17-12-6-2-7-13-17)18-14-8-3-9-15-18;;/h1-15H;1H;/q;;+1/p-1. The zero-order chi connectivity index (χ0) is 12.9. The van der Waals surface area contributed by atoms with Crippen molar-refractivity contribution >= 4 is 23.8 Å². The Morgan fingerprint density at radius 3 is 0.905 bits per heavy atom. The first-order valence-electron chi connectivity index (χ1n) is 6.40. The Morgan fingerprint density at radius 2 is 0.667 bits per heavy atom. The van der Waals surface area contributed by atoms with Crippen LogP contribution >= 0.6 is 7.92 Å². The molecule has 0 aliphatic rings. The summed E-state index contributed by atoms with van der Waals surface area (Å²) in [5.41, 5.74) is 0. The zero-order valence-corrected chi connectivity index (χ0v) is 15.6. The second-order valence-corrected chi connectivity index (χ2v) is 6.56. The topological polar surface area (TPSA) is 0 Å². The van der Waals surface area contributed by atoms with E-state index in [-0.39, 0.29) is 42.0 Å². The fourth-order valence-electron chi connectivity index (χ4n) is 2.18. The van der Waals surface area contributed by atoms with Crippen LogP contribution in [-0.2, 0) is 0 Å². The van der Waals surface area contributed by atoms with Crippen molar-refractivity contribution in [1.29, 1.82) is 0 Å². The Kier molecular flexibility index (Phi) is 8.26. The summed E-state index contributed by atoms with van der Waals surface area (Å²) in [6.07, 6.45) is 0. The maximum atomic E-state index is 2.23. The Bertz CT molecular complexity index is 535. The fourth-order valence-corrected chi connectivity index (χ4v) is 4.48. The molecule has 0 aliphatic carbocycles. The molecule has 3 aromatic carbocycles. The number of hydrogen-bond acceptors (Lipinski definition) is 0. The van der Waals surface area contributed by atoms with Crippen molar-refractivity contribution in [2.45, 2.75) is 0 Å². The van der Waals surface area contributed by atoms with Gasteiger partial charge in [-0.1, -0.05) is 91.0 Å². The third-order valence-corrected chi connectivity index (χ3v) is 5.49. The maximum Gasteiger partial charge on any atom is 1.00 e. The van der Waals surface area contributed by atoms with Gasteiger partial charge in [0.15, 0.2) is 0 Å². The van der Waals surface area contributed by atoms with Crippen molar-refractivity contribution in [3.63, 3.8) is 0 Å². The minimum absolute atomic E-state index is 0. The minimum Gasteiger partial charge on any atom is -1.00 e. The summed E-state index contributed by atoms with van der Waals surface area (Å²) in [7, 11) is -0.446. The van der Waals surface area contributed by atoms with E-state index in [0.29, 0.717) is 0 Å². The smallest absolute Gasteiger partial charge is 1.00 e. The quantitative estimate of drug-likeness (QED) is 0.368. The predicted molar refractivity (Wildman–Crippen MR) is 85.1 cm³/mol. The van der Waals surface area contributed by atoms with Crippen molar-refractivity contribution in [1.82, 2.24) is 0 Å². The summed E-state index contributed by atoms with van der Waals surface area (Å²) < 4.78 is 0. The van der Waals surface area contributed by atoms with Gasteiger partial charge in [-0.15, -0.1) is 0 Å². The fraction of sp³-hybridized carbons (Fsp3) is 0. The third-order valence-electron chi connectivity index (χ3n) is 3.04. The van der Waals surface area contributed by atoms with E-state index in [1.807, 2.05) is 0 Å². The van der Waals surface area contributed by atoms with Gasteiger partial charge in [0, 0.05) is 0 Å². The van der Waals surface area contributed by atoms with Gasteiger partial charge >= 0.3 is 29.6 Å². The summed E-state index contributed by atoms with van der Waals surface area (Å²) in [6.45, 7) is 0. The largest absolute Gasteiger partial charge is 1.00 e. The van der Waals surface area contributed by atoms with Crippen LogP contribution in [0.5, 0.6) is 0 Å². The molecule has 3 rings (SSSR count). The molecule has 0 saturated heterocycles.